The first-order chi connectivity index (χ1) is 14.6. The number of alkyl halides is 3. The van der Waals surface area contributed by atoms with E-state index in [0.29, 0.717) is 17.1 Å². The Balaban J connectivity index is 1.71. The molecule has 2 aromatic rings. The molecule has 1 heterocycles. The number of nitrogens with zero attached hydrogens (tertiary/aromatic N) is 2. The fraction of sp³-hybridized carbons (Fsp3) is 0.350. The second-order valence-corrected chi connectivity index (χ2v) is 8.76. The summed E-state index contributed by atoms with van der Waals surface area (Å²) in [6.45, 7) is 0.322. The lowest BCUT2D eigenvalue weighted by Gasteiger charge is -2.34. The molecule has 1 aliphatic rings. The van der Waals surface area contributed by atoms with Gasteiger partial charge in [0.05, 0.1) is 24.7 Å². The number of sulfonamides is 1. The van der Waals surface area contributed by atoms with Gasteiger partial charge in [-0.2, -0.15) is 17.5 Å². The van der Waals surface area contributed by atoms with E-state index < -0.39 is 21.8 Å². The monoisotopic (exact) mass is 458 g/mol. The summed E-state index contributed by atoms with van der Waals surface area (Å²) in [5.41, 5.74) is -0.578. The Morgan fingerprint density at radius 1 is 0.903 bits per heavy atom. The van der Waals surface area contributed by atoms with Gasteiger partial charge in [0.15, 0.2) is 0 Å². The molecule has 7 nitrogen and oxygen atoms in total. The van der Waals surface area contributed by atoms with Crippen LogP contribution in [0.15, 0.2) is 47.4 Å². The van der Waals surface area contributed by atoms with Gasteiger partial charge in [-0.1, -0.05) is 0 Å². The van der Waals surface area contributed by atoms with Crippen molar-refractivity contribution in [2.24, 2.45) is 0 Å². The summed E-state index contributed by atoms with van der Waals surface area (Å²) in [7, 11) is -1.04. The summed E-state index contributed by atoms with van der Waals surface area (Å²) in [4.78, 5) is 14.1. The van der Waals surface area contributed by atoms with Crippen LogP contribution in [0.25, 0.3) is 0 Å². The molecule has 0 radical (unpaired) electrons. The van der Waals surface area contributed by atoms with Gasteiger partial charge in [0.25, 0.3) is 5.91 Å². The van der Waals surface area contributed by atoms with Crippen LogP contribution >= 0.6 is 0 Å². The van der Waals surface area contributed by atoms with Crippen LogP contribution in [0.5, 0.6) is 11.5 Å². The molecule has 0 N–H and O–H groups in total. The predicted molar refractivity (Wildman–Crippen MR) is 106 cm³/mol. The van der Waals surface area contributed by atoms with E-state index in [9.17, 15) is 26.4 Å². The third-order valence-electron chi connectivity index (χ3n) is 4.94. The third kappa shape index (κ3) is 4.93. The van der Waals surface area contributed by atoms with E-state index in [0.717, 1.165) is 28.6 Å². The second-order valence-electron chi connectivity index (χ2n) is 6.82. The molecular weight excluding hydrogens is 437 g/mol. The van der Waals surface area contributed by atoms with Gasteiger partial charge in [0.1, 0.15) is 11.5 Å². The van der Waals surface area contributed by atoms with Gasteiger partial charge < -0.3 is 14.4 Å². The zero-order valence-corrected chi connectivity index (χ0v) is 17.7. The number of hydrogen-bond acceptors (Lipinski definition) is 5. The molecule has 1 amide bonds. The molecule has 1 saturated heterocycles. The minimum atomic E-state index is -4.54. The molecule has 0 saturated carbocycles. The number of rotatable bonds is 5. The van der Waals surface area contributed by atoms with Crippen molar-refractivity contribution < 1.29 is 35.9 Å². The van der Waals surface area contributed by atoms with Crippen LogP contribution in [0, 0.1) is 0 Å². The van der Waals surface area contributed by atoms with Crippen LogP contribution in [0.4, 0.5) is 13.2 Å². The van der Waals surface area contributed by atoms with Crippen molar-refractivity contribution in [3.8, 4) is 11.5 Å². The maximum Gasteiger partial charge on any atom is 0.416 e. The Morgan fingerprint density at radius 2 is 1.42 bits per heavy atom. The molecule has 1 aliphatic heterocycles. The molecule has 1 fully saturated rings. The van der Waals surface area contributed by atoms with E-state index in [1.165, 1.54) is 19.1 Å². The minimum Gasteiger partial charge on any atom is -0.497 e. The second kappa shape index (κ2) is 8.75. The highest BCUT2D eigenvalue weighted by atomic mass is 32.2. The van der Waals surface area contributed by atoms with E-state index in [4.69, 9.17) is 9.47 Å². The number of amides is 1. The highest BCUT2D eigenvalue weighted by molar-refractivity contribution is 7.89. The molecule has 2 aromatic carbocycles. The van der Waals surface area contributed by atoms with Crippen molar-refractivity contribution in [1.82, 2.24) is 9.21 Å². The van der Waals surface area contributed by atoms with Crippen molar-refractivity contribution in [3.63, 3.8) is 0 Å². The van der Waals surface area contributed by atoms with Crippen molar-refractivity contribution in [2.75, 3.05) is 40.4 Å². The first-order valence-electron chi connectivity index (χ1n) is 9.26. The first-order valence-corrected chi connectivity index (χ1v) is 10.7. The molecule has 0 aromatic heterocycles. The molecule has 0 aliphatic carbocycles. The van der Waals surface area contributed by atoms with Crippen molar-refractivity contribution >= 4 is 15.9 Å². The lowest BCUT2D eigenvalue weighted by Crippen LogP contribution is -2.50. The SMILES string of the molecule is COc1cc(OC)cc(C(=O)N2CCN(S(=O)(=O)c3ccc(C(F)(F)F)cc3)CC2)c1. The van der Waals surface area contributed by atoms with E-state index in [1.807, 2.05) is 0 Å². The maximum absolute atomic E-state index is 12.8. The van der Waals surface area contributed by atoms with E-state index >= 15 is 0 Å². The van der Waals surface area contributed by atoms with Crippen molar-refractivity contribution in [3.05, 3.63) is 53.6 Å². The Hall–Kier alpha value is -2.79. The van der Waals surface area contributed by atoms with Gasteiger partial charge in [-0.3, -0.25) is 4.79 Å². The number of hydrogen-bond donors (Lipinski definition) is 0. The number of methoxy groups -OCH3 is 2. The van der Waals surface area contributed by atoms with Gasteiger partial charge in [0.2, 0.25) is 10.0 Å². The Morgan fingerprint density at radius 3 is 1.87 bits per heavy atom. The maximum atomic E-state index is 12.8. The Labute approximate surface area is 178 Å². The van der Waals surface area contributed by atoms with Crippen LogP contribution in [0.2, 0.25) is 0 Å². The van der Waals surface area contributed by atoms with E-state index in [2.05, 4.69) is 0 Å². The summed E-state index contributed by atoms with van der Waals surface area (Å²) < 4.78 is 75.2. The fourth-order valence-corrected chi connectivity index (χ4v) is 4.63. The molecule has 0 spiro atoms. The molecule has 0 unspecified atom stereocenters. The summed E-state index contributed by atoms with van der Waals surface area (Å²) in [5.74, 6) is 0.598. The number of piperazine rings is 1. The van der Waals surface area contributed by atoms with Crippen LogP contribution in [0.1, 0.15) is 15.9 Å². The summed E-state index contributed by atoms with van der Waals surface area (Å²) in [6.07, 6.45) is -4.54. The Kier molecular flexibility index (Phi) is 6.46. The zero-order chi connectivity index (χ0) is 22.8. The molecule has 0 bridgehead atoms. The molecular formula is C20H21F3N2O5S. The number of ether oxygens (including phenoxy) is 2. The van der Waals surface area contributed by atoms with Crippen molar-refractivity contribution in [2.45, 2.75) is 11.1 Å². The predicted octanol–water partition coefficient (Wildman–Crippen LogP) is 2.87. The van der Waals surface area contributed by atoms with Crippen LogP contribution < -0.4 is 9.47 Å². The quantitative estimate of drug-likeness (QED) is 0.689. The van der Waals surface area contributed by atoms with Gasteiger partial charge in [-0.15, -0.1) is 0 Å². The van der Waals surface area contributed by atoms with E-state index in [1.54, 1.807) is 18.2 Å². The molecule has 168 valence electrons. The van der Waals surface area contributed by atoms with Gasteiger partial charge in [0, 0.05) is 37.8 Å². The van der Waals surface area contributed by atoms with Gasteiger partial charge in [-0.25, -0.2) is 8.42 Å². The first kappa shape index (κ1) is 22.9. The minimum absolute atomic E-state index is 0.0240. The topological polar surface area (TPSA) is 76.2 Å². The lowest BCUT2D eigenvalue weighted by molar-refractivity contribution is -0.137. The molecule has 0 atom stereocenters. The smallest absolute Gasteiger partial charge is 0.416 e. The molecule has 11 heteroatoms. The number of halogens is 3. The van der Waals surface area contributed by atoms with Crippen LogP contribution in [0.3, 0.4) is 0 Å². The largest absolute Gasteiger partial charge is 0.497 e. The standard InChI is InChI=1S/C20H21F3N2O5S/c1-29-16-11-14(12-17(13-16)30-2)19(26)24-7-9-25(10-8-24)31(27,28)18-5-3-15(4-6-18)20(21,22)23/h3-6,11-13H,7-10H2,1-2H3. The molecule has 31 heavy (non-hydrogen) atoms. The fourth-order valence-electron chi connectivity index (χ4n) is 3.21. The van der Waals surface area contributed by atoms with Crippen molar-refractivity contribution in [1.29, 1.82) is 0 Å². The third-order valence-corrected chi connectivity index (χ3v) is 6.86. The van der Waals surface area contributed by atoms with Gasteiger partial charge in [-0.05, 0) is 36.4 Å². The number of carbonyl (C=O) groups is 1. The summed E-state index contributed by atoms with van der Waals surface area (Å²) in [6, 6.07) is 8.12. The average Bonchev–Trinajstić information content (AvgIpc) is 2.77. The highest BCUT2D eigenvalue weighted by Crippen LogP contribution is 2.30. The highest BCUT2D eigenvalue weighted by Gasteiger charge is 2.33. The average molecular weight is 458 g/mol. The Bertz CT molecular complexity index is 1030. The van der Waals surface area contributed by atoms with Crippen LogP contribution in [-0.2, 0) is 16.2 Å². The van der Waals surface area contributed by atoms with Gasteiger partial charge >= 0.3 is 6.18 Å². The summed E-state index contributed by atoms with van der Waals surface area (Å²) in [5, 5.41) is 0. The van der Waals surface area contributed by atoms with E-state index in [-0.39, 0.29) is 37.0 Å². The summed E-state index contributed by atoms with van der Waals surface area (Å²) >= 11 is 0. The van der Waals surface area contributed by atoms with Crippen LogP contribution in [-0.4, -0.2) is 63.9 Å². The number of benzene rings is 2. The number of carbonyl (C=O) groups excluding carboxylic acids is 1. The normalized spacial score (nSPS) is 15.6. The lowest BCUT2D eigenvalue weighted by atomic mass is 10.1. The molecule has 3 rings (SSSR count). The zero-order valence-electron chi connectivity index (χ0n) is 16.8.